The van der Waals surface area contributed by atoms with Gasteiger partial charge in [-0.05, 0) is 149 Å². The maximum Gasteiger partial charge on any atom is 0.326 e. The number of aromatic nitrogens is 2. The number of carboxylic acid groups (broad SMARTS) is 1. The third-order valence-electron chi connectivity index (χ3n) is 14.6. The van der Waals surface area contributed by atoms with Gasteiger partial charge in [0.05, 0.1) is 0 Å². The molecule has 4 aromatic rings. The van der Waals surface area contributed by atoms with Gasteiger partial charge < -0.3 is 38.8 Å². The predicted molar refractivity (Wildman–Crippen MR) is 234 cm³/mol. The molecular formula is C48H64FN5O7. The summed E-state index contributed by atoms with van der Waals surface area (Å²) in [5.74, 6) is 0.963. The number of alkyl halides is 1. The number of nitrogens with zero attached hydrogens (tertiary/aromatic N) is 4. The van der Waals surface area contributed by atoms with Gasteiger partial charge in [-0.3, -0.25) is 14.4 Å². The van der Waals surface area contributed by atoms with Crippen LogP contribution in [0.5, 0.6) is 0 Å². The maximum absolute atomic E-state index is 13.1. The molecule has 12 nitrogen and oxygen atoms in total. The maximum atomic E-state index is 13.1. The first-order valence-corrected chi connectivity index (χ1v) is 22.3. The van der Waals surface area contributed by atoms with Crippen molar-refractivity contribution < 1.29 is 38.1 Å². The fraction of sp³-hybridized carbons (Fsp3) is 0.583. The summed E-state index contributed by atoms with van der Waals surface area (Å²) in [7, 11) is 7.39. The zero-order chi connectivity index (χ0) is 43.5. The van der Waals surface area contributed by atoms with Crippen LogP contribution in [0.4, 0.5) is 4.39 Å². The Kier molecular flexibility index (Phi) is 13.9. The van der Waals surface area contributed by atoms with E-state index in [9.17, 15) is 28.7 Å². The zero-order valence-electron chi connectivity index (χ0n) is 36.8. The van der Waals surface area contributed by atoms with E-state index in [1.807, 2.05) is 36.4 Å². The van der Waals surface area contributed by atoms with E-state index in [1.54, 1.807) is 21.0 Å². The van der Waals surface area contributed by atoms with E-state index in [4.69, 9.17) is 9.47 Å². The van der Waals surface area contributed by atoms with E-state index in [1.165, 1.54) is 52.1 Å². The standard InChI is InChI=1S/C25H34FN3O3.C23H30N2O4/c1-16(24(30)27-11-10-26)28(2)25(31)19-5-7-23-21(15-19)20-14-18(4-6-22(20)29(23)3)17-8-12-32-13-9-17;1-14(23(27)28)24(2)22(26)17-5-7-21-19(13-17)18-12-16(4-6-20(18)25(21)3)15-8-10-29-11-9-15/h5,7,15-18H,4,6,8-14H2,1-3H3,(H,27,30);5,7,13-16H,4,6,8-12H2,1-3H3,(H,27,28)/t16-,18?;14-,16?/m11/s1. The number of halogens is 1. The van der Waals surface area contributed by atoms with Crippen LogP contribution >= 0.6 is 0 Å². The first-order chi connectivity index (χ1) is 29.3. The molecule has 2 N–H and O–H groups in total. The number of aryl methyl sites for hydroxylation is 2. The van der Waals surface area contributed by atoms with Gasteiger partial charge in [-0.25, -0.2) is 9.18 Å². The number of ether oxygens (including phenoxy) is 2. The van der Waals surface area contributed by atoms with E-state index < -0.39 is 24.7 Å². The molecule has 61 heavy (non-hydrogen) atoms. The highest BCUT2D eigenvalue weighted by molar-refractivity contribution is 6.02. The molecule has 2 aromatic carbocycles. The number of amides is 3. The van der Waals surface area contributed by atoms with Crippen LogP contribution in [0.3, 0.4) is 0 Å². The number of rotatable bonds is 10. The first kappa shape index (κ1) is 44.3. The Balaban J connectivity index is 0.000000185. The van der Waals surface area contributed by atoms with Crippen LogP contribution in [-0.2, 0) is 58.8 Å². The summed E-state index contributed by atoms with van der Waals surface area (Å²) in [6, 6.07) is 10.1. The molecule has 330 valence electrons. The van der Waals surface area contributed by atoms with Gasteiger partial charge in [0.1, 0.15) is 18.8 Å². The Hall–Kier alpha value is -4.75. The number of carbonyl (C=O) groups is 4. The van der Waals surface area contributed by atoms with E-state index in [2.05, 4.69) is 28.5 Å². The van der Waals surface area contributed by atoms with Crippen molar-refractivity contribution in [1.29, 1.82) is 0 Å². The molecule has 0 spiro atoms. The van der Waals surface area contributed by atoms with Crippen LogP contribution in [0.15, 0.2) is 36.4 Å². The Labute approximate surface area is 358 Å². The van der Waals surface area contributed by atoms with Crippen LogP contribution in [0.1, 0.15) is 95.6 Å². The largest absolute Gasteiger partial charge is 0.480 e. The van der Waals surface area contributed by atoms with Gasteiger partial charge in [0, 0.05) is 105 Å². The second-order valence-electron chi connectivity index (χ2n) is 17.8. The van der Waals surface area contributed by atoms with Gasteiger partial charge in [-0.15, -0.1) is 0 Å². The number of carboxylic acids is 1. The summed E-state index contributed by atoms with van der Waals surface area (Å²) < 4.78 is 28.0. The van der Waals surface area contributed by atoms with Crippen LogP contribution in [0, 0.1) is 23.7 Å². The Bertz CT molecular complexity index is 2250. The topological polar surface area (TPSA) is 135 Å². The predicted octanol–water partition coefficient (Wildman–Crippen LogP) is 6.51. The number of fused-ring (bicyclic) bond motifs is 6. The highest BCUT2D eigenvalue weighted by Crippen LogP contribution is 2.41. The third kappa shape index (κ3) is 9.09. The van der Waals surface area contributed by atoms with E-state index in [0.717, 1.165) is 106 Å². The van der Waals surface area contributed by atoms with Crippen molar-refractivity contribution >= 4 is 45.5 Å². The number of aliphatic carboxylic acids is 1. The van der Waals surface area contributed by atoms with Crippen LogP contribution in [0.25, 0.3) is 21.8 Å². The van der Waals surface area contributed by atoms with Crippen molar-refractivity contribution in [3.63, 3.8) is 0 Å². The highest BCUT2D eigenvalue weighted by atomic mass is 19.1. The summed E-state index contributed by atoms with van der Waals surface area (Å²) in [6.45, 7) is 6.00. The fourth-order valence-corrected chi connectivity index (χ4v) is 10.5. The minimum Gasteiger partial charge on any atom is -0.480 e. The van der Waals surface area contributed by atoms with E-state index >= 15 is 0 Å². The van der Waals surface area contributed by atoms with Crippen molar-refractivity contribution in [3.05, 3.63) is 70.0 Å². The number of carbonyl (C=O) groups excluding carboxylic acids is 3. The average molecular weight is 842 g/mol. The number of hydrogen-bond acceptors (Lipinski definition) is 6. The second-order valence-corrected chi connectivity index (χ2v) is 17.8. The van der Waals surface area contributed by atoms with Crippen LogP contribution in [0.2, 0.25) is 0 Å². The first-order valence-electron chi connectivity index (χ1n) is 22.3. The van der Waals surface area contributed by atoms with Gasteiger partial charge in [0.15, 0.2) is 0 Å². The van der Waals surface area contributed by atoms with Gasteiger partial charge >= 0.3 is 5.97 Å². The van der Waals surface area contributed by atoms with Crippen molar-refractivity contribution in [2.45, 2.75) is 90.1 Å². The number of hydrogen-bond donors (Lipinski definition) is 2. The normalized spacial score (nSPS) is 20.5. The van der Waals surface area contributed by atoms with E-state index in [-0.39, 0.29) is 24.3 Å². The lowest BCUT2D eigenvalue weighted by atomic mass is 9.75. The average Bonchev–Trinajstić information content (AvgIpc) is 3.75. The minimum atomic E-state index is -1.00. The fourth-order valence-electron chi connectivity index (χ4n) is 10.5. The summed E-state index contributed by atoms with van der Waals surface area (Å²) in [5.41, 5.74) is 8.91. The molecule has 0 saturated carbocycles. The third-order valence-corrected chi connectivity index (χ3v) is 14.6. The molecule has 13 heteroatoms. The van der Waals surface area contributed by atoms with Crippen LogP contribution in [-0.4, -0.2) is 114 Å². The molecule has 2 saturated heterocycles. The summed E-state index contributed by atoms with van der Waals surface area (Å²) >= 11 is 0. The number of likely N-dealkylation sites (N-methyl/N-ethyl adjacent to an activating group) is 2. The molecule has 2 unspecified atom stereocenters. The van der Waals surface area contributed by atoms with Gasteiger partial charge in [0.2, 0.25) is 5.91 Å². The summed E-state index contributed by atoms with van der Waals surface area (Å²) in [5, 5.41) is 14.0. The lowest BCUT2D eigenvalue weighted by Crippen LogP contribution is -2.46. The van der Waals surface area contributed by atoms with Crippen molar-refractivity contribution in [3.8, 4) is 0 Å². The monoisotopic (exact) mass is 841 g/mol. The molecule has 2 aromatic heterocycles. The molecule has 2 aliphatic heterocycles. The quantitative estimate of drug-likeness (QED) is 0.186. The molecule has 3 amide bonds. The number of nitrogens with one attached hydrogen (secondary N) is 1. The Morgan fingerprint density at radius 3 is 1.54 bits per heavy atom. The SMILES string of the molecule is C[C@H](C(=O)NCCF)N(C)C(=O)c1ccc2c(c1)c1c(n2C)CCC(C2CCOCC2)C1.C[C@H](C(=O)O)N(C)C(=O)c1ccc2c(c1)c1c(n2C)CCC(C2CCOCC2)C1. The Morgan fingerprint density at radius 1 is 0.705 bits per heavy atom. The van der Waals surface area contributed by atoms with Crippen LogP contribution < -0.4 is 5.32 Å². The van der Waals surface area contributed by atoms with Crippen molar-refractivity contribution in [2.24, 2.45) is 37.8 Å². The lowest BCUT2D eigenvalue weighted by molar-refractivity contribution is -0.141. The van der Waals surface area contributed by atoms with Crippen molar-refractivity contribution in [2.75, 3.05) is 53.7 Å². The van der Waals surface area contributed by atoms with E-state index in [0.29, 0.717) is 28.9 Å². The molecule has 0 radical (unpaired) electrons. The highest BCUT2D eigenvalue weighted by Gasteiger charge is 2.33. The molecular weight excluding hydrogens is 778 g/mol. The summed E-state index contributed by atoms with van der Waals surface area (Å²) in [4.78, 5) is 52.2. The minimum absolute atomic E-state index is 0.0401. The van der Waals surface area contributed by atoms with Gasteiger partial charge in [-0.1, -0.05) is 0 Å². The molecule has 0 bridgehead atoms. The zero-order valence-corrected chi connectivity index (χ0v) is 36.8. The van der Waals surface area contributed by atoms with Gasteiger partial charge in [-0.2, -0.15) is 0 Å². The molecule has 4 atom stereocenters. The summed E-state index contributed by atoms with van der Waals surface area (Å²) in [6.07, 6.45) is 11.2. The molecule has 8 rings (SSSR count). The number of benzene rings is 2. The lowest BCUT2D eigenvalue weighted by Gasteiger charge is -2.33. The second kappa shape index (κ2) is 19.1. The van der Waals surface area contributed by atoms with Crippen molar-refractivity contribution in [1.82, 2.24) is 24.3 Å². The molecule has 4 aliphatic rings. The molecule has 2 fully saturated rings. The van der Waals surface area contributed by atoms with Gasteiger partial charge in [0.25, 0.3) is 11.8 Å². The molecule has 2 aliphatic carbocycles. The smallest absolute Gasteiger partial charge is 0.326 e. The Morgan fingerprint density at radius 2 is 1.13 bits per heavy atom. The molecule has 4 heterocycles.